The molecule has 3 aromatic rings. The van der Waals surface area contributed by atoms with Crippen LogP contribution >= 0.6 is 0 Å². The molecule has 0 aliphatic carbocycles. The highest BCUT2D eigenvalue weighted by atomic mass is 16.5. The lowest BCUT2D eigenvalue weighted by Gasteiger charge is -2.25. The van der Waals surface area contributed by atoms with Gasteiger partial charge in [-0.1, -0.05) is 18.2 Å². The van der Waals surface area contributed by atoms with Gasteiger partial charge in [-0.25, -0.2) is 0 Å². The van der Waals surface area contributed by atoms with E-state index in [9.17, 15) is 25.2 Å². The Balaban J connectivity index is 1.63. The highest BCUT2D eigenvalue weighted by Gasteiger charge is 2.37. The van der Waals surface area contributed by atoms with Crippen LogP contribution in [0.15, 0.2) is 48.5 Å². The molecule has 1 aliphatic heterocycles. The minimum atomic E-state index is -1.25. The molecule has 1 heterocycles. The molecule has 0 saturated carbocycles. The lowest BCUT2D eigenvalue weighted by atomic mass is 9.83. The second-order valence-electron chi connectivity index (χ2n) is 10.00. The van der Waals surface area contributed by atoms with Gasteiger partial charge in [-0.2, -0.15) is 0 Å². The van der Waals surface area contributed by atoms with E-state index in [1.807, 2.05) is 18.2 Å². The average molecular weight is 569 g/mol. The van der Waals surface area contributed by atoms with Gasteiger partial charge in [-0.05, 0) is 59.9 Å². The molecule has 0 aromatic heterocycles. The van der Waals surface area contributed by atoms with Gasteiger partial charge in [0.25, 0.3) is 0 Å². The van der Waals surface area contributed by atoms with Gasteiger partial charge in [0.2, 0.25) is 0 Å². The summed E-state index contributed by atoms with van der Waals surface area (Å²) in [6.07, 6.45) is -0.393. The van der Waals surface area contributed by atoms with E-state index in [1.165, 1.54) is 32.4 Å². The Bertz CT molecular complexity index is 1370. The van der Waals surface area contributed by atoms with Crippen molar-refractivity contribution in [3.05, 3.63) is 70.8 Å². The number of esters is 1. The van der Waals surface area contributed by atoms with Crippen molar-refractivity contribution in [1.82, 2.24) is 0 Å². The smallest absolute Gasteiger partial charge is 0.309 e. The molecule has 1 fully saturated rings. The van der Waals surface area contributed by atoms with E-state index in [2.05, 4.69) is 0 Å². The van der Waals surface area contributed by atoms with Crippen molar-refractivity contribution >= 4 is 5.97 Å². The topological polar surface area (TPSA) is 144 Å². The molecule has 0 unspecified atom stereocenters. The zero-order valence-corrected chi connectivity index (χ0v) is 23.5. The summed E-state index contributed by atoms with van der Waals surface area (Å²) in [5, 5.41) is 42.4. The Labute approximate surface area is 238 Å². The summed E-state index contributed by atoms with van der Waals surface area (Å²) in [4.78, 5) is 12.8. The summed E-state index contributed by atoms with van der Waals surface area (Å²) >= 11 is 0. The second-order valence-corrected chi connectivity index (χ2v) is 10.00. The van der Waals surface area contributed by atoms with E-state index in [-0.39, 0.29) is 47.1 Å². The number of methoxy groups -OCH3 is 4. The molecule has 1 aliphatic rings. The van der Waals surface area contributed by atoms with Gasteiger partial charge >= 0.3 is 5.97 Å². The number of phenols is 2. The number of phenolic OH excluding ortho intramolecular Hbond substituents is 2. The zero-order chi connectivity index (χ0) is 29.7. The van der Waals surface area contributed by atoms with Gasteiger partial charge < -0.3 is 44.1 Å². The molecule has 0 spiro atoms. The first kappa shape index (κ1) is 29.8. The molecular formula is C31H36O10. The van der Waals surface area contributed by atoms with Gasteiger partial charge in [0.15, 0.2) is 34.5 Å². The summed E-state index contributed by atoms with van der Waals surface area (Å²) in [6, 6.07) is 13.3. The number of carbonyl (C=O) groups is 1. The number of aliphatic hydroxyl groups excluding tert-OH is 2. The Kier molecular flexibility index (Phi) is 9.46. The largest absolute Gasteiger partial charge is 0.504 e. The molecule has 0 bridgehead atoms. The molecule has 1 saturated heterocycles. The normalized spacial score (nSPS) is 18.0. The van der Waals surface area contributed by atoms with E-state index in [0.29, 0.717) is 35.5 Å². The molecule has 3 aromatic carbocycles. The summed E-state index contributed by atoms with van der Waals surface area (Å²) in [5.74, 6) is -0.658. The highest BCUT2D eigenvalue weighted by Crippen LogP contribution is 2.43. The van der Waals surface area contributed by atoms with Crippen molar-refractivity contribution in [2.75, 3.05) is 41.7 Å². The molecule has 220 valence electrons. The van der Waals surface area contributed by atoms with Gasteiger partial charge in [0.05, 0.1) is 53.7 Å². The van der Waals surface area contributed by atoms with E-state index in [1.54, 1.807) is 26.4 Å². The Morgan fingerprint density at radius 1 is 0.829 bits per heavy atom. The fourth-order valence-electron chi connectivity index (χ4n) is 5.34. The number of aliphatic hydroxyl groups is 2. The number of benzene rings is 3. The minimum Gasteiger partial charge on any atom is -0.504 e. The first-order chi connectivity index (χ1) is 19.7. The van der Waals surface area contributed by atoms with Crippen molar-refractivity contribution in [2.45, 2.75) is 24.9 Å². The van der Waals surface area contributed by atoms with Crippen molar-refractivity contribution in [2.24, 2.45) is 11.8 Å². The molecule has 4 rings (SSSR count). The van der Waals surface area contributed by atoms with Crippen molar-refractivity contribution < 1.29 is 48.9 Å². The number of cyclic esters (lactones) is 1. The average Bonchev–Trinajstić information content (AvgIpc) is 3.32. The SMILES string of the molecule is COc1cc([C@@H](O)[C@@H](CO)c2cc(C[C@H]3C(=O)OC[C@@H]3Cc3ccc(OC)c(OC)c3)cc(OC)c2O)ccc1O. The zero-order valence-electron chi connectivity index (χ0n) is 23.5. The van der Waals surface area contributed by atoms with Crippen LogP contribution in [0.1, 0.15) is 34.3 Å². The quantitative estimate of drug-likeness (QED) is 0.240. The third-order valence-corrected chi connectivity index (χ3v) is 7.62. The second kappa shape index (κ2) is 13.0. The van der Waals surface area contributed by atoms with Crippen LogP contribution in [0.25, 0.3) is 0 Å². The lowest BCUT2D eigenvalue weighted by molar-refractivity contribution is -0.141. The lowest BCUT2D eigenvalue weighted by Crippen LogP contribution is -2.21. The molecule has 10 nitrogen and oxygen atoms in total. The van der Waals surface area contributed by atoms with Crippen molar-refractivity contribution in [3.8, 4) is 34.5 Å². The summed E-state index contributed by atoms with van der Waals surface area (Å²) in [6.45, 7) is -0.238. The van der Waals surface area contributed by atoms with Crippen LogP contribution in [0.3, 0.4) is 0 Å². The van der Waals surface area contributed by atoms with Crippen LogP contribution in [0.2, 0.25) is 0 Å². The van der Waals surface area contributed by atoms with Gasteiger partial charge in [0.1, 0.15) is 0 Å². The number of ether oxygens (including phenoxy) is 5. The number of hydrogen-bond acceptors (Lipinski definition) is 10. The molecule has 4 atom stereocenters. The number of aromatic hydroxyl groups is 2. The molecule has 10 heteroatoms. The van der Waals surface area contributed by atoms with Crippen LogP contribution in [-0.4, -0.2) is 68.0 Å². The number of hydrogen-bond donors (Lipinski definition) is 4. The third kappa shape index (κ3) is 6.28. The van der Waals surface area contributed by atoms with E-state index in [4.69, 9.17) is 23.7 Å². The molecular weight excluding hydrogens is 532 g/mol. The van der Waals surface area contributed by atoms with Crippen LogP contribution in [-0.2, 0) is 22.4 Å². The maximum absolute atomic E-state index is 12.8. The summed E-state index contributed by atoms with van der Waals surface area (Å²) in [5.41, 5.74) is 2.26. The van der Waals surface area contributed by atoms with Crippen LogP contribution in [0.5, 0.6) is 34.5 Å². The Morgan fingerprint density at radius 2 is 1.51 bits per heavy atom. The summed E-state index contributed by atoms with van der Waals surface area (Å²) in [7, 11) is 5.93. The maximum atomic E-state index is 12.8. The Hall–Kier alpha value is -4.15. The van der Waals surface area contributed by atoms with Gasteiger partial charge in [-0.15, -0.1) is 0 Å². The number of carbonyl (C=O) groups excluding carboxylic acids is 1. The fraction of sp³-hybridized carbons (Fsp3) is 0.387. The molecule has 0 radical (unpaired) electrons. The van der Waals surface area contributed by atoms with Gasteiger partial charge in [0, 0.05) is 17.4 Å². The van der Waals surface area contributed by atoms with Gasteiger partial charge in [-0.3, -0.25) is 4.79 Å². The predicted octanol–water partition coefficient (Wildman–Crippen LogP) is 3.52. The number of rotatable bonds is 12. The van der Waals surface area contributed by atoms with Crippen LogP contribution in [0.4, 0.5) is 0 Å². The molecule has 41 heavy (non-hydrogen) atoms. The summed E-state index contributed by atoms with van der Waals surface area (Å²) < 4.78 is 26.7. The first-order valence-corrected chi connectivity index (χ1v) is 13.2. The van der Waals surface area contributed by atoms with E-state index in [0.717, 1.165) is 5.56 Å². The van der Waals surface area contributed by atoms with Crippen molar-refractivity contribution in [1.29, 1.82) is 0 Å². The fourth-order valence-corrected chi connectivity index (χ4v) is 5.34. The Morgan fingerprint density at radius 3 is 2.17 bits per heavy atom. The molecule has 0 amide bonds. The van der Waals surface area contributed by atoms with E-state index < -0.39 is 24.5 Å². The van der Waals surface area contributed by atoms with Crippen LogP contribution < -0.4 is 18.9 Å². The first-order valence-electron chi connectivity index (χ1n) is 13.2. The molecule has 4 N–H and O–H groups in total. The predicted molar refractivity (Wildman–Crippen MR) is 149 cm³/mol. The van der Waals surface area contributed by atoms with Crippen molar-refractivity contribution in [3.63, 3.8) is 0 Å². The minimum absolute atomic E-state index is 0.0957. The van der Waals surface area contributed by atoms with Crippen LogP contribution in [0, 0.1) is 11.8 Å². The van der Waals surface area contributed by atoms with E-state index >= 15 is 0 Å². The third-order valence-electron chi connectivity index (χ3n) is 7.62. The standard InChI is InChI=1S/C31H36O10/c1-37-25-8-5-17(12-27(25)39-3)9-20-16-41-31(36)21(20)10-18-11-22(30(35)28(13-18)40-4)23(15-32)29(34)19-6-7-24(33)26(14-19)38-2/h5-8,11-14,20-21,23,29,32-35H,9-10,15-16H2,1-4H3/t20-,21+,23-,29+/m0/s1. The monoisotopic (exact) mass is 568 g/mol. The maximum Gasteiger partial charge on any atom is 0.309 e. The highest BCUT2D eigenvalue weighted by molar-refractivity contribution is 5.75.